The highest BCUT2D eigenvalue weighted by Gasteiger charge is 2.40. The van der Waals surface area contributed by atoms with Gasteiger partial charge in [0.2, 0.25) is 0 Å². The van der Waals surface area contributed by atoms with Crippen LogP contribution in [-0.4, -0.2) is 0 Å². The van der Waals surface area contributed by atoms with Crippen LogP contribution in [0.5, 0.6) is 0 Å². The van der Waals surface area contributed by atoms with Gasteiger partial charge in [0.05, 0.1) is 0 Å². The average molecular weight is 358 g/mol. The van der Waals surface area contributed by atoms with Crippen LogP contribution in [-0.2, 0) is 12.4 Å². The number of hydrogen-bond acceptors (Lipinski definition) is 1. The van der Waals surface area contributed by atoms with Crippen LogP contribution in [0.2, 0.25) is 0 Å². The fraction of sp³-hybridized carbons (Fsp3) is 0.143. The second-order valence-electron chi connectivity index (χ2n) is 4.32. The summed E-state index contributed by atoms with van der Waals surface area (Å²) in [6, 6.07) is 4.59. The van der Waals surface area contributed by atoms with Crippen LogP contribution in [0.4, 0.5) is 35.1 Å². The van der Waals surface area contributed by atoms with Gasteiger partial charge in [-0.1, -0.05) is 23.9 Å². The first-order valence-corrected chi connectivity index (χ1v) is 6.72. The van der Waals surface area contributed by atoms with E-state index in [1.807, 2.05) is 0 Å². The standard InChI is InChI=1S/C14H6F8S/c15-7-3-1-5-9(11(7)13(17,18)19)23-10-6-2-4-8(16)12(10)14(20,21)22/h1-6H. The minimum atomic E-state index is -5.10. The summed E-state index contributed by atoms with van der Waals surface area (Å²) in [6.45, 7) is 0. The molecule has 9 heteroatoms. The quantitative estimate of drug-likeness (QED) is 0.580. The molecule has 0 bridgehead atoms. The first kappa shape index (κ1) is 17.6. The number of benzene rings is 2. The largest absolute Gasteiger partial charge is 0.420 e. The van der Waals surface area contributed by atoms with Crippen LogP contribution in [0.3, 0.4) is 0 Å². The summed E-state index contributed by atoms with van der Waals surface area (Å²) in [5, 5.41) is 0. The van der Waals surface area contributed by atoms with E-state index in [1.165, 1.54) is 0 Å². The lowest BCUT2D eigenvalue weighted by atomic mass is 10.2. The third-order valence-electron chi connectivity index (χ3n) is 2.74. The topological polar surface area (TPSA) is 0 Å². The summed E-state index contributed by atoms with van der Waals surface area (Å²) >= 11 is 0.00292. The molecule has 0 atom stereocenters. The minimum absolute atomic E-state index is 0.00292. The van der Waals surface area contributed by atoms with E-state index in [9.17, 15) is 35.1 Å². The fourth-order valence-electron chi connectivity index (χ4n) is 1.85. The van der Waals surface area contributed by atoms with Crippen LogP contribution >= 0.6 is 11.8 Å². The monoisotopic (exact) mass is 358 g/mol. The highest BCUT2D eigenvalue weighted by atomic mass is 32.2. The Balaban J connectivity index is 2.59. The molecule has 0 fully saturated rings. The highest BCUT2D eigenvalue weighted by molar-refractivity contribution is 7.99. The molecule has 0 amide bonds. The first-order chi connectivity index (χ1) is 10.5. The highest BCUT2D eigenvalue weighted by Crippen LogP contribution is 2.45. The van der Waals surface area contributed by atoms with Gasteiger partial charge in [-0.3, -0.25) is 0 Å². The van der Waals surface area contributed by atoms with Crippen molar-refractivity contribution in [2.24, 2.45) is 0 Å². The second kappa shape index (κ2) is 6.03. The Morgan fingerprint density at radius 1 is 0.609 bits per heavy atom. The van der Waals surface area contributed by atoms with Crippen molar-refractivity contribution < 1.29 is 35.1 Å². The van der Waals surface area contributed by atoms with Crippen molar-refractivity contribution in [3.63, 3.8) is 0 Å². The van der Waals surface area contributed by atoms with Crippen LogP contribution in [0.1, 0.15) is 11.1 Å². The molecule has 0 nitrogen and oxygen atoms in total. The van der Waals surface area contributed by atoms with Gasteiger partial charge in [0.1, 0.15) is 22.8 Å². The van der Waals surface area contributed by atoms with Crippen molar-refractivity contribution >= 4 is 11.8 Å². The zero-order valence-corrected chi connectivity index (χ0v) is 11.7. The van der Waals surface area contributed by atoms with Crippen molar-refractivity contribution in [3.8, 4) is 0 Å². The molecule has 0 aromatic heterocycles. The Hall–Kier alpha value is -1.77. The van der Waals surface area contributed by atoms with E-state index in [-0.39, 0.29) is 11.8 Å². The first-order valence-electron chi connectivity index (χ1n) is 5.91. The second-order valence-corrected chi connectivity index (χ2v) is 5.41. The molecule has 0 saturated heterocycles. The van der Waals surface area contributed by atoms with Gasteiger partial charge in [0.25, 0.3) is 0 Å². The molecule has 0 spiro atoms. The summed E-state index contributed by atoms with van der Waals surface area (Å²) in [5.74, 6) is -3.24. The van der Waals surface area contributed by atoms with Crippen LogP contribution in [0.15, 0.2) is 46.2 Å². The Morgan fingerprint density at radius 2 is 0.957 bits per heavy atom. The van der Waals surface area contributed by atoms with Gasteiger partial charge in [-0.2, -0.15) is 26.3 Å². The molecule has 0 N–H and O–H groups in total. The minimum Gasteiger partial charge on any atom is -0.206 e. The molecule has 0 aliphatic heterocycles. The molecule has 0 radical (unpaired) electrons. The molecule has 23 heavy (non-hydrogen) atoms. The van der Waals surface area contributed by atoms with Crippen molar-refractivity contribution in [2.75, 3.05) is 0 Å². The third-order valence-corrected chi connectivity index (χ3v) is 3.86. The van der Waals surface area contributed by atoms with E-state index in [2.05, 4.69) is 0 Å². The molecule has 0 saturated carbocycles. The van der Waals surface area contributed by atoms with E-state index >= 15 is 0 Å². The number of hydrogen-bond donors (Lipinski definition) is 0. The molecular weight excluding hydrogens is 352 g/mol. The normalized spacial score (nSPS) is 12.5. The Bertz CT molecular complexity index is 656. The van der Waals surface area contributed by atoms with Gasteiger partial charge in [0, 0.05) is 9.79 Å². The van der Waals surface area contributed by atoms with Gasteiger partial charge in [-0.25, -0.2) is 8.78 Å². The van der Waals surface area contributed by atoms with E-state index in [0.29, 0.717) is 12.1 Å². The van der Waals surface area contributed by atoms with E-state index in [4.69, 9.17) is 0 Å². The molecule has 2 rings (SSSR count). The smallest absolute Gasteiger partial charge is 0.206 e. The summed E-state index contributed by atoms with van der Waals surface area (Å²) in [7, 11) is 0. The number of alkyl halides is 6. The number of halogens is 8. The Kier molecular flexibility index (Phi) is 4.61. The predicted molar refractivity (Wildman–Crippen MR) is 66.9 cm³/mol. The van der Waals surface area contributed by atoms with Gasteiger partial charge < -0.3 is 0 Å². The SMILES string of the molecule is Fc1cccc(Sc2cccc(F)c2C(F)(F)F)c1C(F)(F)F. The van der Waals surface area contributed by atoms with Crippen molar-refractivity contribution in [3.05, 3.63) is 59.2 Å². The third kappa shape index (κ3) is 3.77. The zero-order valence-electron chi connectivity index (χ0n) is 10.9. The van der Waals surface area contributed by atoms with Crippen LogP contribution < -0.4 is 0 Å². The maximum atomic E-state index is 13.4. The maximum Gasteiger partial charge on any atom is 0.420 e. The summed E-state index contributed by atoms with van der Waals surface area (Å²) < 4.78 is 104. The van der Waals surface area contributed by atoms with Crippen molar-refractivity contribution in [2.45, 2.75) is 22.1 Å². The lowest BCUT2D eigenvalue weighted by molar-refractivity contribution is -0.142. The Morgan fingerprint density at radius 3 is 1.26 bits per heavy atom. The average Bonchev–Trinajstić information content (AvgIpc) is 2.35. The molecular formula is C14H6F8S. The van der Waals surface area contributed by atoms with E-state index in [0.717, 1.165) is 24.3 Å². The molecule has 0 aliphatic carbocycles. The maximum absolute atomic E-state index is 13.4. The fourth-order valence-corrected chi connectivity index (χ4v) is 3.01. The lowest BCUT2D eigenvalue weighted by Gasteiger charge is -2.16. The van der Waals surface area contributed by atoms with Gasteiger partial charge in [-0.05, 0) is 24.3 Å². The molecule has 0 heterocycles. The summed E-state index contributed by atoms with van der Waals surface area (Å²) in [6.07, 6.45) is -10.2. The van der Waals surface area contributed by atoms with Crippen LogP contribution in [0, 0.1) is 11.6 Å². The van der Waals surface area contributed by atoms with Crippen LogP contribution in [0.25, 0.3) is 0 Å². The molecule has 0 unspecified atom stereocenters. The summed E-state index contributed by atoms with van der Waals surface area (Å²) in [5.41, 5.74) is -3.38. The molecule has 2 aromatic rings. The Labute approximate surface area is 129 Å². The molecule has 124 valence electrons. The molecule has 2 aromatic carbocycles. The van der Waals surface area contributed by atoms with Gasteiger partial charge >= 0.3 is 12.4 Å². The van der Waals surface area contributed by atoms with Crippen molar-refractivity contribution in [1.82, 2.24) is 0 Å². The zero-order chi connectivity index (χ0) is 17.4. The van der Waals surface area contributed by atoms with E-state index < -0.39 is 44.9 Å². The van der Waals surface area contributed by atoms with Crippen molar-refractivity contribution in [1.29, 1.82) is 0 Å². The van der Waals surface area contributed by atoms with Gasteiger partial charge in [0.15, 0.2) is 0 Å². The molecule has 0 aliphatic rings. The lowest BCUT2D eigenvalue weighted by Crippen LogP contribution is -2.12. The summed E-state index contributed by atoms with van der Waals surface area (Å²) in [4.78, 5) is -1.57. The predicted octanol–water partition coefficient (Wildman–Crippen LogP) is 6.15. The van der Waals surface area contributed by atoms with Gasteiger partial charge in [-0.15, -0.1) is 0 Å². The van der Waals surface area contributed by atoms with E-state index in [1.54, 1.807) is 0 Å². The number of rotatable bonds is 2.